The van der Waals surface area contributed by atoms with Gasteiger partial charge in [-0.25, -0.2) is 9.98 Å². The van der Waals surface area contributed by atoms with E-state index in [-0.39, 0.29) is 25.0 Å². The zero-order valence-corrected chi connectivity index (χ0v) is 14.3. The Kier molecular flexibility index (Phi) is 4.96. The molecule has 0 fully saturated rings. The van der Waals surface area contributed by atoms with Crippen LogP contribution in [-0.2, 0) is 0 Å². The molecule has 3 atom stereocenters. The molecule has 3 rings (SSSR count). The third kappa shape index (κ3) is 3.47. The lowest BCUT2D eigenvalue weighted by Gasteiger charge is -2.12. The van der Waals surface area contributed by atoms with Crippen LogP contribution in [0.2, 0.25) is 0 Å². The number of aliphatic hydroxyl groups excluding tert-OH is 2. The van der Waals surface area contributed by atoms with E-state index in [1.807, 2.05) is 25.3 Å². The number of H-pyrrole nitrogens is 1. The van der Waals surface area contributed by atoms with E-state index in [1.54, 1.807) is 6.20 Å². The van der Waals surface area contributed by atoms with Crippen LogP contribution >= 0.6 is 0 Å². The Balaban J connectivity index is 2.03. The highest BCUT2D eigenvalue weighted by molar-refractivity contribution is 6.21. The second-order valence-corrected chi connectivity index (χ2v) is 6.39. The molecule has 0 spiro atoms. The summed E-state index contributed by atoms with van der Waals surface area (Å²) in [6.07, 6.45) is 6.69. The van der Waals surface area contributed by atoms with E-state index in [1.165, 1.54) is 0 Å². The maximum absolute atomic E-state index is 9.59. The number of rotatable bonds is 5. The maximum atomic E-state index is 9.59. The lowest BCUT2D eigenvalue weighted by Crippen LogP contribution is -2.23. The van der Waals surface area contributed by atoms with Crippen molar-refractivity contribution in [2.45, 2.75) is 20.0 Å². The molecule has 0 aromatic carbocycles. The molecule has 0 amide bonds. The standard InChI is InChI=1S/C18H23N5O2/c1-10-3-4-14(23-17(19)11(10)2)13-8-22-18-16(13)15(5-6-20-18)21-7-12(25)9-24/h3-6,8,10-12,19,24-25H,7,9H2,1-2H3,(H2,20,21,22). The summed E-state index contributed by atoms with van der Waals surface area (Å²) >= 11 is 0. The van der Waals surface area contributed by atoms with Gasteiger partial charge in [-0.3, -0.25) is 5.41 Å². The zero-order chi connectivity index (χ0) is 18.0. The SMILES string of the molecule is CC1C=CC(c2c[nH]c3nccc(NCC(O)CO)c23)=NC(=N)C1C. The number of allylic oxidation sites excluding steroid dienone is 2. The van der Waals surface area contributed by atoms with Crippen molar-refractivity contribution >= 4 is 28.3 Å². The second-order valence-electron chi connectivity index (χ2n) is 6.39. The van der Waals surface area contributed by atoms with Gasteiger partial charge in [-0.05, 0) is 18.1 Å². The zero-order valence-electron chi connectivity index (χ0n) is 14.3. The Labute approximate surface area is 146 Å². The molecule has 3 unspecified atom stereocenters. The lowest BCUT2D eigenvalue weighted by atomic mass is 9.95. The van der Waals surface area contributed by atoms with Gasteiger partial charge in [0.05, 0.1) is 23.8 Å². The topological polar surface area (TPSA) is 117 Å². The highest BCUT2D eigenvalue weighted by atomic mass is 16.3. The van der Waals surface area contributed by atoms with Crippen LogP contribution in [0.1, 0.15) is 19.4 Å². The molecular formula is C18H23N5O2. The van der Waals surface area contributed by atoms with Gasteiger partial charge in [-0.2, -0.15) is 0 Å². The van der Waals surface area contributed by atoms with Crippen LogP contribution in [0.4, 0.5) is 5.69 Å². The van der Waals surface area contributed by atoms with Gasteiger partial charge in [0, 0.05) is 36.1 Å². The molecule has 7 nitrogen and oxygen atoms in total. The highest BCUT2D eigenvalue weighted by Gasteiger charge is 2.21. The minimum Gasteiger partial charge on any atom is -0.394 e. The fraction of sp³-hybridized carbons (Fsp3) is 0.389. The summed E-state index contributed by atoms with van der Waals surface area (Å²) in [6, 6.07) is 1.82. The first-order chi connectivity index (χ1) is 12.0. The first-order valence-electron chi connectivity index (χ1n) is 8.35. The van der Waals surface area contributed by atoms with E-state index in [4.69, 9.17) is 10.5 Å². The number of nitrogens with one attached hydrogen (secondary N) is 3. The van der Waals surface area contributed by atoms with Gasteiger partial charge >= 0.3 is 0 Å². The van der Waals surface area contributed by atoms with Crippen molar-refractivity contribution in [2.24, 2.45) is 16.8 Å². The van der Waals surface area contributed by atoms with E-state index in [0.29, 0.717) is 17.2 Å². The van der Waals surface area contributed by atoms with Crippen LogP contribution in [0.5, 0.6) is 0 Å². The van der Waals surface area contributed by atoms with Gasteiger partial charge < -0.3 is 20.5 Å². The first kappa shape index (κ1) is 17.3. The maximum Gasteiger partial charge on any atom is 0.140 e. The first-order valence-corrected chi connectivity index (χ1v) is 8.35. The summed E-state index contributed by atoms with van der Waals surface area (Å²) in [5.41, 5.74) is 3.06. The van der Waals surface area contributed by atoms with E-state index < -0.39 is 6.10 Å². The number of anilines is 1. The Morgan fingerprint density at radius 2 is 2.20 bits per heavy atom. The van der Waals surface area contributed by atoms with Crippen molar-refractivity contribution in [3.63, 3.8) is 0 Å². The fourth-order valence-electron chi connectivity index (χ4n) is 2.78. The molecule has 2 aromatic rings. The number of hydrogen-bond donors (Lipinski definition) is 5. The molecule has 0 saturated carbocycles. The largest absolute Gasteiger partial charge is 0.394 e. The molecule has 2 aromatic heterocycles. The number of fused-ring (bicyclic) bond motifs is 1. The molecule has 25 heavy (non-hydrogen) atoms. The molecule has 132 valence electrons. The summed E-state index contributed by atoms with van der Waals surface area (Å²) in [7, 11) is 0. The van der Waals surface area contributed by atoms with E-state index in [2.05, 4.69) is 33.3 Å². The monoisotopic (exact) mass is 341 g/mol. The Morgan fingerprint density at radius 3 is 2.96 bits per heavy atom. The number of nitrogens with zero attached hydrogens (tertiary/aromatic N) is 2. The number of amidine groups is 1. The molecule has 5 N–H and O–H groups in total. The van der Waals surface area contributed by atoms with E-state index in [9.17, 15) is 5.11 Å². The molecule has 0 bridgehead atoms. The Bertz CT molecular complexity index is 839. The number of aliphatic imine (C=N–C) groups is 1. The number of aliphatic hydroxyl groups is 2. The normalized spacial score (nSPS) is 21.9. The lowest BCUT2D eigenvalue weighted by molar-refractivity contribution is 0.105. The van der Waals surface area contributed by atoms with Crippen molar-refractivity contribution in [1.29, 1.82) is 5.41 Å². The number of pyridine rings is 1. The Hall–Kier alpha value is -2.51. The molecular weight excluding hydrogens is 318 g/mol. The minimum atomic E-state index is -0.837. The van der Waals surface area contributed by atoms with Crippen molar-refractivity contribution in [3.05, 3.63) is 36.2 Å². The summed E-state index contributed by atoms with van der Waals surface area (Å²) < 4.78 is 0. The Morgan fingerprint density at radius 1 is 1.40 bits per heavy atom. The molecule has 1 aliphatic heterocycles. The molecule has 1 aliphatic rings. The van der Waals surface area contributed by atoms with E-state index >= 15 is 0 Å². The van der Waals surface area contributed by atoms with Gasteiger partial charge in [-0.15, -0.1) is 0 Å². The third-order valence-electron chi connectivity index (χ3n) is 4.61. The quantitative estimate of drug-likeness (QED) is 0.571. The van der Waals surface area contributed by atoms with Gasteiger partial charge in [0.1, 0.15) is 11.5 Å². The molecule has 0 radical (unpaired) electrons. The van der Waals surface area contributed by atoms with Crippen molar-refractivity contribution in [1.82, 2.24) is 9.97 Å². The van der Waals surface area contributed by atoms with Gasteiger partial charge in [0.15, 0.2) is 0 Å². The van der Waals surface area contributed by atoms with Crippen LogP contribution in [0.25, 0.3) is 11.0 Å². The van der Waals surface area contributed by atoms with Crippen LogP contribution in [0.15, 0.2) is 35.6 Å². The van der Waals surface area contributed by atoms with Crippen molar-refractivity contribution in [2.75, 3.05) is 18.5 Å². The smallest absolute Gasteiger partial charge is 0.140 e. The molecule has 3 heterocycles. The molecule has 0 saturated heterocycles. The van der Waals surface area contributed by atoms with Gasteiger partial charge in [0.2, 0.25) is 0 Å². The predicted octanol–water partition coefficient (Wildman–Crippen LogP) is 1.94. The molecule has 0 aliphatic carbocycles. The summed E-state index contributed by atoms with van der Waals surface area (Å²) in [4.78, 5) is 12.0. The summed E-state index contributed by atoms with van der Waals surface area (Å²) in [5.74, 6) is 0.666. The molecule has 7 heteroatoms. The fourth-order valence-corrected chi connectivity index (χ4v) is 2.78. The minimum absolute atomic E-state index is 0.0642. The van der Waals surface area contributed by atoms with Crippen molar-refractivity contribution < 1.29 is 10.2 Å². The van der Waals surface area contributed by atoms with E-state index in [0.717, 1.165) is 16.6 Å². The summed E-state index contributed by atoms with van der Waals surface area (Å²) in [5, 5.41) is 30.8. The van der Waals surface area contributed by atoms with Gasteiger partial charge in [-0.1, -0.05) is 19.9 Å². The number of hydrogen-bond acceptors (Lipinski definition) is 5. The van der Waals surface area contributed by atoms with Crippen molar-refractivity contribution in [3.8, 4) is 0 Å². The number of aromatic nitrogens is 2. The predicted molar refractivity (Wildman–Crippen MR) is 99.4 cm³/mol. The van der Waals surface area contributed by atoms with Crippen LogP contribution < -0.4 is 5.32 Å². The van der Waals surface area contributed by atoms with Crippen LogP contribution in [0.3, 0.4) is 0 Å². The second kappa shape index (κ2) is 7.16. The average molecular weight is 341 g/mol. The average Bonchev–Trinajstić information content (AvgIpc) is 3.01. The summed E-state index contributed by atoms with van der Waals surface area (Å²) in [6.45, 7) is 4.01. The van der Waals surface area contributed by atoms with Gasteiger partial charge in [0.25, 0.3) is 0 Å². The van der Waals surface area contributed by atoms with Crippen LogP contribution in [0, 0.1) is 17.2 Å². The van der Waals surface area contributed by atoms with Crippen LogP contribution in [-0.4, -0.2) is 51.0 Å². The highest BCUT2D eigenvalue weighted by Crippen LogP contribution is 2.28. The number of aromatic amines is 1. The third-order valence-corrected chi connectivity index (χ3v) is 4.61.